The molecule has 0 N–H and O–H groups in total. The van der Waals surface area contributed by atoms with Gasteiger partial charge in [-0.15, -0.1) is 0 Å². The molecular weight excluding hydrogens is 268 g/mol. The summed E-state index contributed by atoms with van der Waals surface area (Å²) in [6.07, 6.45) is 4.01. The Morgan fingerprint density at radius 3 is 2.95 bits per heavy atom. The summed E-state index contributed by atoms with van der Waals surface area (Å²) in [5.41, 5.74) is 0. The normalized spacial score (nSPS) is 20.3. The molecule has 2 aromatic heterocycles. The van der Waals surface area contributed by atoms with Crippen LogP contribution >= 0.6 is 0 Å². The van der Waals surface area contributed by atoms with E-state index in [2.05, 4.69) is 33.9 Å². The average molecular weight is 290 g/mol. The van der Waals surface area contributed by atoms with Crippen molar-refractivity contribution in [3.05, 3.63) is 29.6 Å². The smallest absolute Gasteiger partial charge is 0.229 e. The van der Waals surface area contributed by atoms with Crippen LogP contribution in [0, 0.1) is 6.92 Å². The van der Waals surface area contributed by atoms with Crippen molar-refractivity contribution in [2.45, 2.75) is 52.0 Å². The van der Waals surface area contributed by atoms with E-state index in [1.807, 2.05) is 6.92 Å². The molecule has 1 aliphatic rings. The van der Waals surface area contributed by atoms with Gasteiger partial charge in [-0.1, -0.05) is 19.0 Å². The van der Waals surface area contributed by atoms with Crippen molar-refractivity contribution in [1.29, 1.82) is 0 Å². The third-order valence-electron chi connectivity index (χ3n) is 3.85. The summed E-state index contributed by atoms with van der Waals surface area (Å²) in [7, 11) is 0. The van der Waals surface area contributed by atoms with Gasteiger partial charge >= 0.3 is 0 Å². The number of likely N-dealkylation sites (tertiary alicyclic amines) is 1. The molecule has 21 heavy (non-hydrogen) atoms. The summed E-state index contributed by atoms with van der Waals surface area (Å²) in [4.78, 5) is 11.2. The minimum atomic E-state index is 0.279. The molecule has 3 heterocycles. The molecule has 0 bridgehead atoms. The van der Waals surface area contributed by atoms with Gasteiger partial charge in [0, 0.05) is 18.4 Å². The summed E-state index contributed by atoms with van der Waals surface area (Å²) in [6, 6.07) is 0. The molecule has 0 unspecified atom stereocenters. The first kappa shape index (κ1) is 14.3. The van der Waals surface area contributed by atoms with Crippen LogP contribution in [0.5, 0.6) is 0 Å². The molecule has 1 atom stereocenters. The molecule has 0 radical (unpaired) electrons. The zero-order valence-electron chi connectivity index (χ0n) is 12.9. The van der Waals surface area contributed by atoms with Crippen LogP contribution in [0.4, 0.5) is 0 Å². The van der Waals surface area contributed by atoms with E-state index in [0.717, 1.165) is 55.8 Å². The van der Waals surface area contributed by atoms with Crippen molar-refractivity contribution in [3.8, 4) is 0 Å². The maximum atomic E-state index is 5.56. The van der Waals surface area contributed by atoms with Crippen molar-refractivity contribution in [1.82, 2.24) is 20.0 Å². The van der Waals surface area contributed by atoms with E-state index >= 15 is 0 Å². The maximum absolute atomic E-state index is 5.56. The fourth-order valence-electron chi connectivity index (χ4n) is 2.72. The van der Waals surface area contributed by atoms with Crippen LogP contribution in [-0.2, 0) is 6.54 Å². The summed E-state index contributed by atoms with van der Waals surface area (Å²) in [5, 5.41) is 4.15. The van der Waals surface area contributed by atoms with Gasteiger partial charge in [-0.3, -0.25) is 4.90 Å². The highest BCUT2D eigenvalue weighted by atomic mass is 16.5. The number of aromatic nitrogens is 3. The molecule has 1 fully saturated rings. The summed E-state index contributed by atoms with van der Waals surface area (Å²) in [5.74, 6) is 3.83. The van der Waals surface area contributed by atoms with Crippen LogP contribution in [0.25, 0.3) is 0 Å². The van der Waals surface area contributed by atoms with Gasteiger partial charge in [0.2, 0.25) is 11.8 Å². The molecule has 1 saturated heterocycles. The van der Waals surface area contributed by atoms with Gasteiger partial charge in [0.05, 0.1) is 12.7 Å². The Hall–Kier alpha value is -1.69. The SMILES string of the molecule is Cc1cnc(CN2CCC[C@H](c3noc(C(C)C)n3)C2)o1. The lowest BCUT2D eigenvalue weighted by Gasteiger charge is -2.30. The topological polar surface area (TPSA) is 68.2 Å². The zero-order chi connectivity index (χ0) is 14.8. The van der Waals surface area contributed by atoms with E-state index < -0.39 is 0 Å². The predicted octanol–water partition coefficient (Wildman–Crippen LogP) is 2.87. The molecule has 0 spiro atoms. The molecule has 0 aliphatic carbocycles. The lowest BCUT2D eigenvalue weighted by atomic mass is 9.97. The number of aryl methyl sites for hydroxylation is 1. The van der Waals surface area contributed by atoms with Crippen molar-refractivity contribution in [3.63, 3.8) is 0 Å². The van der Waals surface area contributed by atoms with Crippen molar-refractivity contribution >= 4 is 0 Å². The second-order valence-electron chi connectivity index (χ2n) is 6.08. The minimum Gasteiger partial charge on any atom is -0.445 e. The third-order valence-corrected chi connectivity index (χ3v) is 3.85. The van der Waals surface area contributed by atoms with Crippen LogP contribution in [0.2, 0.25) is 0 Å². The summed E-state index contributed by atoms with van der Waals surface area (Å²) >= 11 is 0. The van der Waals surface area contributed by atoms with Gasteiger partial charge in [0.25, 0.3) is 0 Å². The van der Waals surface area contributed by atoms with E-state index in [-0.39, 0.29) is 5.92 Å². The molecule has 2 aromatic rings. The van der Waals surface area contributed by atoms with Crippen LogP contribution in [0.15, 0.2) is 15.1 Å². The third kappa shape index (κ3) is 3.32. The largest absolute Gasteiger partial charge is 0.445 e. The van der Waals surface area contributed by atoms with Crippen molar-refractivity contribution < 1.29 is 8.94 Å². The molecule has 6 heteroatoms. The maximum Gasteiger partial charge on any atom is 0.229 e. The zero-order valence-corrected chi connectivity index (χ0v) is 12.9. The number of hydrogen-bond acceptors (Lipinski definition) is 6. The number of nitrogens with zero attached hydrogens (tertiary/aromatic N) is 4. The first-order valence-electron chi connectivity index (χ1n) is 7.59. The average Bonchev–Trinajstić information content (AvgIpc) is 3.08. The minimum absolute atomic E-state index is 0.279. The number of hydrogen-bond donors (Lipinski definition) is 0. The Bertz CT molecular complexity index is 590. The predicted molar refractivity (Wildman–Crippen MR) is 76.9 cm³/mol. The molecule has 0 amide bonds. The van der Waals surface area contributed by atoms with Gasteiger partial charge in [-0.2, -0.15) is 4.98 Å². The molecule has 3 rings (SSSR count). The van der Waals surface area contributed by atoms with E-state index in [4.69, 9.17) is 8.94 Å². The van der Waals surface area contributed by atoms with E-state index in [1.165, 1.54) is 0 Å². The van der Waals surface area contributed by atoms with Crippen LogP contribution in [-0.4, -0.2) is 33.1 Å². The second-order valence-corrected chi connectivity index (χ2v) is 6.08. The molecule has 0 aromatic carbocycles. The Morgan fingerprint density at radius 2 is 2.29 bits per heavy atom. The van der Waals surface area contributed by atoms with Gasteiger partial charge in [-0.25, -0.2) is 4.98 Å². The fraction of sp³-hybridized carbons (Fsp3) is 0.667. The number of piperidine rings is 1. The monoisotopic (exact) mass is 290 g/mol. The molecule has 114 valence electrons. The highest BCUT2D eigenvalue weighted by Crippen LogP contribution is 2.26. The van der Waals surface area contributed by atoms with Gasteiger partial charge in [-0.05, 0) is 26.3 Å². The molecule has 1 aliphatic heterocycles. The molecule has 0 saturated carbocycles. The van der Waals surface area contributed by atoms with Crippen LogP contribution in [0.1, 0.15) is 61.9 Å². The summed E-state index contributed by atoms with van der Waals surface area (Å²) in [6.45, 7) is 8.79. The van der Waals surface area contributed by atoms with Gasteiger partial charge in [0.15, 0.2) is 5.82 Å². The fourth-order valence-corrected chi connectivity index (χ4v) is 2.72. The lowest BCUT2D eigenvalue weighted by molar-refractivity contribution is 0.178. The standard InChI is InChI=1S/C15H22N4O2/c1-10(2)15-17-14(18-21-15)12-5-4-6-19(8-12)9-13-16-7-11(3)20-13/h7,10,12H,4-6,8-9H2,1-3H3/t12-/m0/s1. The van der Waals surface area contributed by atoms with Crippen molar-refractivity contribution in [2.24, 2.45) is 0 Å². The van der Waals surface area contributed by atoms with Crippen LogP contribution < -0.4 is 0 Å². The molecular formula is C15H22N4O2. The number of oxazole rings is 1. The Morgan fingerprint density at radius 1 is 1.43 bits per heavy atom. The Kier molecular flexibility index (Phi) is 4.05. The summed E-state index contributed by atoms with van der Waals surface area (Å²) < 4.78 is 10.9. The first-order chi connectivity index (χ1) is 10.1. The Labute approximate surface area is 124 Å². The Balaban J connectivity index is 1.64. The quantitative estimate of drug-likeness (QED) is 0.862. The number of rotatable bonds is 4. The highest BCUT2D eigenvalue weighted by Gasteiger charge is 2.26. The van der Waals surface area contributed by atoms with Crippen LogP contribution in [0.3, 0.4) is 0 Å². The van der Waals surface area contributed by atoms with Crippen molar-refractivity contribution in [2.75, 3.05) is 13.1 Å². The van der Waals surface area contributed by atoms with E-state index in [1.54, 1.807) is 6.20 Å². The van der Waals surface area contributed by atoms with Gasteiger partial charge < -0.3 is 8.94 Å². The van der Waals surface area contributed by atoms with E-state index in [0.29, 0.717) is 5.92 Å². The van der Waals surface area contributed by atoms with E-state index in [9.17, 15) is 0 Å². The molecule has 6 nitrogen and oxygen atoms in total. The first-order valence-corrected chi connectivity index (χ1v) is 7.59. The van der Waals surface area contributed by atoms with Gasteiger partial charge in [0.1, 0.15) is 5.76 Å². The lowest BCUT2D eigenvalue weighted by Crippen LogP contribution is -2.34. The second kappa shape index (κ2) is 5.97. The highest BCUT2D eigenvalue weighted by molar-refractivity contribution is 5.01.